The van der Waals surface area contributed by atoms with Crippen LogP contribution in [0.1, 0.15) is 13.8 Å². The van der Waals surface area contributed by atoms with Crippen LogP contribution in [0.3, 0.4) is 0 Å². The van der Waals surface area contributed by atoms with E-state index >= 15 is 0 Å². The first-order valence-corrected chi connectivity index (χ1v) is 4.91. The number of rotatable bonds is 3. The number of carbonyl (C=O) groups is 1. The summed E-state index contributed by atoms with van der Waals surface area (Å²) in [5, 5.41) is 15.3. The molecule has 0 spiro atoms. The van der Waals surface area contributed by atoms with Gasteiger partial charge in [0.15, 0.2) is 0 Å². The van der Waals surface area contributed by atoms with Crippen LogP contribution in [0.25, 0.3) is 0 Å². The largest absolute Gasteiger partial charge is 0.336 e. The molecule has 1 rings (SSSR count). The van der Waals surface area contributed by atoms with Gasteiger partial charge in [-0.1, -0.05) is 0 Å². The Morgan fingerprint density at radius 2 is 2.12 bits per heavy atom. The van der Waals surface area contributed by atoms with E-state index in [1.54, 1.807) is 13.8 Å². The quantitative estimate of drug-likeness (QED) is 0.628. The molecule has 2 amide bonds. The molecule has 0 heterocycles. The number of anilines is 1. The number of carbonyl (C=O) groups excluding carboxylic acids is 1. The number of urea groups is 1. The zero-order valence-electron chi connectivity index (χ0n) is 9.36. The van der Waals surface area contributed by atoms with Crippen LogP contribution in [0, 0.1) is 15.9 Å². The van der Waals surface area contributed by atoms with Gasteiger partial charge in [-0.3, -0.25) is 10.1 Å². The van der Waals surface area contributed by atoms with Gasteiger partial charge in [0.2, 0.25) is 5.82 Å². The molecule has 0 aliphatic carbocycles. The standard InChI is InChI=1S/C10H12FN3O3/c1-6(2)12-10(15)13-7-3-4-9(14(16)17)8(11)5-7/h3-6H,1-2H3,(H2,12,13,15). The summed E-state index contributed by atoms with van der Waals surface area (Å²) in [6.07, 6.45) is 0. The summed E-state index contributed by atoms with van der Waals surface area (Å²) in [4.78, 5) is 20.8. The first-order valence-electron chi connectivity index (χ1n) is 4.91. The minimum Gasteiger partial charge on any atom is -0.336 e. The van der Waals surface area contributed by atoms with Gasteiger partial charge < -0.3 is 10.6 Å². The van der Waals surface area contributed by atoms with Gasteiger partial charge in [0.25, 0.3) is 0 Å². The van der Waals surface area contributed by atoms with E-state index in [0.717, 1.165) is 12.1 Å². The molecule has 0 unspecified atom stereocenters. The molecule has 0 radical (unpaired) electrons. The molecule has 92 valence electrons. The van der Waals surface area contributed by atoms with Crippen molar-refractivity contribution < 1.29 is 14.1 Å². The molecule has 0 aromatic heterocycles. The average molecular weight is 241 g/mol. The van der Waals surface area contributed by atoms with Crippen molar-refractivity contribution in [3.8, 4) is 0 Å². The summed E-state index contributed by atoms with van der Waals surface area (Å²) in [5.74, 6) is -0.989. The number of hydrogen-bond acceptors (Lipinski definition) is 3. The maximum atomic E-state index is 13.2. The van der Waals surface area contributed by atoms with E-state index in [0.29, 0.717) is 0 Å². The third-order valence-corrected chi connectivity index (χ3v) is 1.82. The molecule has 0 aliphatic heterocycles. The van der Waals surface area contributed by atoms with Gasteiger partial charge in [0, 0.05) is 23.9 Å². The Bertz CT molecular complexity index is 448. The van der Waals surface area contributed by atoms with Crippen LogP contribution in [-0.4, -0.2) is 17.0 Å². The third-order valence-electron chi connectivity index (χ3n) is 1.82. The molecule has 0 saturated carbocycles. The maximum Gasteiger partial charge on any atom is 0.319 e. The molecule has 0 bridgehead atoms. The highest BCUT2D eigenvalue weighted by Crippen LogP contribution is 2.20. The first-order chi connectivity index (χ1) is 7.90. The smallest absolute Gasteiger partial charge is 0.319 e. The van der Waals surface area contributed by atoms with Crippen LogP contribution >= 0.6 is 0 Å². The Morgan fingerprint density at radius 1 is 1.47 bits per heavy atom. The zero-order chi connectivity index (χ0) is 13.0. The Hall–Kier alpha value is -2.18. The molecule has 1 aromatic carbocycles. The highest BCUT2D eigenvalue weighted by Gasteiger charge is 2.14. The Kier molecular flexibility index (Phi) is 3.97. The van der Waals surface area contributed by atoms with Crippen molar-refractivity contribution >= 4 is 17.4 Å². The molecule has 2 N–H and O–H groups in total. The van der Waals surface area contributed by atoms with Gasteiger partial charge in [-0.15, -0.1) is 0 Å². The summed E-state index contributed by atoms with van der Waals surface area (Å²) >= 11 is 0. The fourth-order valence-corrected chi connectivity index (χ4v) is 1.16. The number of nitrogens with one attached hydrogen (secondary N) is 2. The van der Waals surface area contributed by atoms with Gasteiger partial charge in [-0.2, -0.15) is 4.39 Å². The van der Waals surface area contributed by atoms with Crippen molar-refractivity contribution in [3.05, 3.63) is 34.1 Å². The minimum atomic E-state index is -0.989. The van der Waals surface area contributed by atoms with Gasteiger partial charge in [0.05, 0.1) is 4.92 Å². The van der Waals surface area contributed by atoms with Crippen LogP contribution in [0.4, 0.5) is 20.6 Å². The average Bonchev–Trinajstić information content (AvgIpc) is 2.15. The van der Waals surface area contributed by atoms with Crippen molar-refractivity contribution in [2.24, 2.45) is 0 Å². The molecule has 0 saturated heterocycles. The van der Waals surface area contributed by atoms with E-state index in [4.69, 9.17) is 0 Å². The van der Waals surface area contributed by atoms with Crippen LogP contribution < -0.4 is 10.6 Å². The van der Waals surface area contributed by atoms with E-state index in [9.17, 15) is 19.3 Å². The van der Waals surface area contributed by atoms with E-state index < -0.39 is 22.5 Å². The van der Waals surface area contributed by atoms with Crippen LogP contribution in [0.15, 0.2) is 18.2 Å². The minimum absolute atomic E-state index is 0.0575. The molecule has 0 atom stereocenters. The molecule has 7 heteroatoms. The van der Waals surface area contributed by atoms with Gasteiger partial charge in [0.1, 0.15) is 0 Å². The lowest BCUT2D eigenvalue weighted by Gasteiger charge is -2.09. The monoisotopic (exact) mass is 241 g/mol. The Labute approximate surface area is 97.0 Å². The summed E-state index contributed by atoms with van der Waals surface area (Å²) in [6, 6.07) is 2.62. The lowest BCUT2D eigenvalue weighted by Crippen LogP contribution is -2.34. The van der Waals surface area contributed by atoms with Crippen LogP contribution in [0.2, 0.25) is 0 Å². The molecule has 1 aromatic rings. The van der Waals surface area contributed by atoms with E-state index in [-0.39, 0.29) is 11.7 Å². The second-order valence-electron chi connectivity index (χ2n) is 3.68. The Morgan fingerprint density at radius 3 is 2.59 bits per heavy atom. The number of halogens is 1. The Balaban J connectivity index is 2.77. The van der Waals surface area contributed by atoms with Crippen molar-refractivity contribution in [1.29, 1.82) is 0 Å². The summed E-state index contributed by atoms with van der Waals surface area (Å²) < 4.78 is 13.2. The normalized spacial score (nSPS) is 10.1. The van der Waals surface area contributed by atoms with Crippen molar-refractivity contribution in [1.82, 2.24) is 5.32 Å². The highest BCUT2D eigenvalue weighted by molar-refractivity contribution is 5.89. The van der Waals surface area contributed by atoms with Gasteiger partial charge >= 0.3 is 11.7 Å². The highest BCUT2D eigenvalue weighted by atomic mass is 19.1. The fraction of sp³-hybridized carbons (Fsp3) is 0.300. The SMILES string of the molecule is CC(C)NC(=O)Nc1ccc([N+](=O)[O-])c(F)c1. The lowest BCUT2D eigenvalue weighted by molar-refractivity contribution is -0.387. The summed E-state index contributed by atoms with van der Waals surface area (Å²) in [6.45, 7) is 3.55. The number of nitro benzene ring substituents is 1. The number of amides is 2. The van der Waals surface area contributed by atoms with Crippen molar-refractivity contribution in [2.45, 2.75) is 19.9 Å². The fourth-order valence-electron chi connectivity index (χ4n) is 1.16. The van der Waals surface area contributed by atoms with Crippen LogP contribution in [-0.2, 0) is 0 Å². The van der Waals surface area contributed by atoms with E-state index in [1.165, 1.54) is 6.07 Å². The number of hydrogen-bond donors (Lipinski definition) is 2. The second kappa shape index (κ2) is 5.24. The molecule has 6 nitrogen and oxygen atoms in total. The van der Waals surface area contributed by atoms with E-state index in [1.807, 2.05) is 0 Å². The van der Waals surface area contributed by atoms with Crippen molar-refractivity contribution in [2.75, 3.05) is 5.32 Å². The molecule has 0 fully saturated rings. The lowest BCUT2D eigenvalue weighted by atomic mass is 10.2. The first kappa shape index (κ1) is 12.9. The summed E-state index contributed by atoms with van der Waals surface area (Å²) in [7, 11) is 0. The zero-order valence-corrected chi connectivity index (χ0v) is 9.36. The van der Waals surface area contributed by atoms with E-state index in [2.05, 4.69) is 10.6 Å². The summed E-state index contributed by atoms with van der Waals surface area (Å²) in [5.41, 5.74) is -0.467. The predicted octanol–water partition coefficient (Wildman–Crippen LogP) is 2.26. The number of benzene rings is 1. The topological polar surface area (TPSA) is 84.3 Å². The molecule has 17 heavy (non-hydrogen) atoms. The third kappa shape index (κ3) is 3.71. The maximum absolute atomic E-state index is 13.2. The molecular weight excluding hydrogens is 229 g/mol. The number of nitro groups is 1. The molecule has 0 aliphatic rings. The van der Waals surface area contributed by atoms with Crippen molar-refractivity contribution in [3.63, 3.8) is 0 Å². The van der Waals surface area contributed by atoms with Gasteiger partial charge in [-0.25, -0.2) is 4.79 Å². The van der Waals surface area contributed by atoms with Crippen LogP contribution in [0.5, 0.6) is 0 Å². The van der Waals surface area contributed by atoms with Gasteiger partial charge in [-0.05, 0) is 19.9 Å². The number of nitrogens with zero attached hydrogens (tertiary/aromatic N) is 1. The predicted molar refractivity (Wildman–Crippen MR) is 60.3 cm³/mol. The second-order valence-corrected chi connectivity index (χ2v) is 3.68. The molecular formula is C10H12FN3O3.